The van der Waals surface area contributed by atoms with E-state index in [4.69, 9.17) is 4.84 Å². The van der Waals surface area contributed by atoms with Crippen LogP contribution in [0.25, 0.3) is 0 Å². The lowest BCUT2D eigenvalue weighted by molar-refractivity contribution is 0.209. The molecule has 2 aliphatic heterocycles. The average molecular weight is 307 g/mol. The minimum absolute atomic E-state index is 0.162. The number of fused-ring (bicyclic) bond motifs is 2. The Morgan fingerprint density at radius 3 is 2.76 bits per heavy atom. The Hall–Kier alpha value is -1.03. The number of nitrogens with zero attached hydrogens (tertiary/aromatic N) is 1. The second-order valence-corrected chi connectivity index (χ2v) is 7.46. The molecule has 0 N–H and O–H groups in total. The Labute approximate surface area is 130 Å². The molecule has 0 amide bonds. The molecule has 1 aromatic carbocycles. The van der Waals surface area contributed by atoms with Crippen molar-refractivity contribution in [2.24, 2.45) is 11.1 Å². The third-order valence-corrected chi connectivity index (χ3v) is 6.44. The lowest BCUT2D eigenvalue weighted by atomic mass is 9.78. The van der Waals surface area contributed by atoms with E-state index in [0.29, 0.717) is 17.1 Å². The maximum atomic E-state index is 13.2. The molecule has 114 valence electrons. The van der Waals surface area contributed by atoms with Crippen LogP contribution in [0.2, 0.25) is 0 Å². The van der Waals surface area contributed by atoms with E-state index >= 15 is 0 Å². The highest BCUT2D eigenvalue weighted by Gasteiger charge is 2.45. The highest BCUT2D eigenvalue weighted by atomic mass is 32.2. The van der Waals surface area contributed by atoms with E-state index in [0.717, 1.165) is 17.4 Å². The minimum atomic E-state index is -0.162. The van der Waals surface area contributed by atoms with Crippen molar-refractivity contribution in [3.8, 4) is 0 Å². The number of oxime groups is 1. The lowest BCUT2D eigenvalue weighted by Gasteiger charge is -2.37. The van der Waals surface area contributed by atoms with Gasteiger partial charge in [-0.25, -0.2) is 4.39 Å². The predicted molar refractivity (Wildman–Crippen MR) is 86.4 cm³/mol. The molecule has 4 heteroatoms. The Bertz CT molecular complexity index is 516. The predicted octanol–water partition coefficient (Wildman–Crippen LogP) is 4.61. The molecule has 2 fully saturated rings. The SMILES string of the molecule is CCC(=NOC)[C@@H]1[C@@H]2CCC(C[C@@H]1c1ccc(F)cc1)S2. The number of hydrogen-bond donors (Lipinski definition) is 0. The van der Waals surface area contributed by atoms with Gasteiger partial charge in [0.2, 0.25) is 0 Å². The van der Waals surface area contributed by atoms with Gasteiger partial charge in [-0.3, -0.25) is 0 Å². The summed E-state index contributed by atoms with van der Waals surface area (Å²) in [5, 5.41) is 5.69. The van der Waals surface area contributed by atoms with Crippen LogP contribution in [-0.2, 0) is 4.84 Å². The van der Waals surface area contributed by atoms with Gasteiger partial charge in [-0.15, -0.1) is 0 Å². The monoisotopic (exact) mass is 307 g/mol. The van der Waals surface area contributed by atoms with Gasteiger partial charge in [0.05, 0.1) is 5.71 Å². The molecule has 1 aromatic rings. The summed E-state index contributed by atoms with van der Waals surface area (Å²) in [6.45, 7) is 2.14. The molecule has 2 saturated heterocycles. The number of hydrogen-bond acceptors (Lipinski definition) is 3. The Balaban J connectivity index is 1.95. The molecule has 0 spiro atoms. The first-order valence-corrected chi connectivity index (χ1v) is 8.68. The largest absolute Gasteiger partial charge is 0.399 e. The molecule has 2 bridgehead atoms. The summed E-state index contributed by atoms with van der Waals surface area (Å²) >= 11 is 2.12. The van der Waals surface area contributed by atoms with Crippen molar-refractivity contribution in [1.29, 1.82) is 0 Å². The molecule has 0 aromatic heterocycles. The van der Waals surface area contributed by atoms with Crippen LogP contribution in [0.3, 0.4) is 0 Å². The van der Waals surface area contributed by atoms with E-state index < -0.39 is 0 Å². The smallest absolute Gasteiger partial charge is 0.123 e. The second kappa shape index (κ2) is 6.39. The molecule has 2 nitrogen and oxygen atoms in total. The molecule has 0 aliphatic carbocycles. The van der Waals surface area contributed by atoms with E-state index in [-0.39, 0.29) is 5.82 Å². The van der Waals surface area contributed by atoms with Crippen molar-refractivity contribution >= 4 is 17.5 Å². The van der Waals surface area contributed by atoms with E-state index in [2.05, 4.69) is 23.8 Å². The topological polar surface area (TPSA) is 21.6 Å². The van der Waals surface area contributed by atoms with Gasteiger partial charge in [-0.05, 0) is 49.3 Å². The van der Waals surface area contributed by atoms with Crippen molar-refractivity contribution in [2.75, 3.05) is 7.11 Å². The molecule has 3 rings (SSSR count). The molecule has 2 aliphatic rings. The van der Waals surface area contributed by atoms with Gasteiger partial charge in [0.15, 0.2) is 0 Å². The van der Waals surface area contributed by atoms with Crippen LogP contribution in [0, 0.1) is 11.7 Å². The summed E-state index contributed by atoms with van der Waals surface area (Å²) in [7, 11) is 1.62. The Morgan fingerprint density at radius 1 is 1.33 bits per heavy atom. The van der Waals surface area contributed by atoms with Crippen molar-refractivity contribution in [3.63, 3.8) is 0 Å². The molecule has 0 saturated carbocycles. The van der Waals surface area contributed by atoms with Gasteiger partial charge in [0, 0.05) is 16.4 Å². The molecule has 4 atom stereocenters. The van der Waals surface area contributed by atoms with Crippen LogP contribution in [0.4, 0.5) is 4.39 Å². The fourth-order valence-corrected chi connectivity index (χ4v) is 5.71. The summed E-state index contributed by atoms with van der Waals surface area (Å²) in [5.41, 5.74) is 2.40. The third-order valence-electron chi connectivity index (χ3n) is 4.74. The normalized spacial score (nSPS) is 32.2. The third kappa shape index (κ3) is 2.96. The number of benzene rings is 1. The molecule has 21 heavy (non-hydrogen) atoms. The van der Waals surface area contributed by atoms with Crippen LogP contribution in [-0.4, -0.2) is 23.3 Å². The fraction of sp³-hybridized carbons (Fsp3) is 0.588. The van der Waals surface area contributed by atoms with Gasteiger partial charge < -0.3 is 4.84 Å². The lowest BCUT2D eigenvalue weighted by Crippen LogP contribution is -2.34. The zero-order valence-electron chi connectivity index (χ0n) is 12.6. The van der Waals surface area contributed by atoms with Crippen molar-refractivity contribution in [3.05, 3.63) is 35.6 Å². The van der Waals surface area contributed by atoms with Crippen LogP contribution in [0.1, 0.15) is 44.1 Å². The minimum Gasteiger partial charge on any atom is -0.399 e. The molecule has 2 heterocycles. The van der Waals surface area contributed by atoms with E-state index in [1.54, 1.807) is 19.2 Å². The molecule has 1 unspecified atom stereocenters. The molecular weight excluding hydrogens is 285 g/mol. The summed E-state index contributed by atoms with van der Waals surface area (Å²) in [4.78, 5) is 5.08. The highest BCUT2D eigenvalue weighted by molar-refractivity contribution is 8.00. The van der Waals surface area contributed by atoms with Crippen LogP contribution in [0.15, 0.2) is 29.4 Å². The quantitative estimate of drug-likeness (QED) is 0.598. The van der Waals surface area contributed by atoms with E-state index in [1.807, 2.05) is 12.1 Å². The molecule has 0 radical (unpaired) electrons. The average Bonchev–Trinajstić information content (AvgIpc) is 2.88. The van der Waals surface area contributed by atoms with Gasteiger partial charge >= 0.3 is 0 Å². The van der Waals surface area contributed by atoms with Crippen LogP contribution < -0.4 is 0 Å². The van der Waals surface area contributed by atoms with Gasteiger partial charge in [-0.2, -0.15) is 11.8 Å². The summed E-state index contributed by atoms with van der Waals surface area (Å²) in [5.74, 6) is 0.701. The highest BCUT2D eigenvalue weighted by Crippen LogP contribution is 2.53. The Kier molecular flexibility index (Phi) is 4.53. The Morgan fingerprint density at radius 2 is 2.10 bits per heavy atom. The first kappa shape index (κ1) is 14.9. The van der Waals surface area contributed by atoms with E-state index in [9.17, 15) is 4.39 Å². The van der Waals surface area contributed by atoms with Crippen LogP contribution in [0.5, 0.6) is 0 Å². The molecular formula is C17H22FNOS. The first-order chi connectivity index (χ1) is 10.2. The van der Waals surface area contributed by atoms with Gasteiger partial charge in [0.1, 0.15) is 12.9 Å². The van der Waals surface area contributed by atoms with Gasteiger partial charge in [-0.1, -0.05) is 24.2 Å². The number of rotatable bonds is 4. The summed E-state index contributed by atoms with van der Waals surface area (Å²) < 4.78 is 13.2. The fourth-order valence-electron chi connectivity index (χ4n) is 3.84. The zero-order valence-corrected chi connectivity index (χ0v) is 13.4. The van der Waals surface area contributed by atoms with E-state index in [1.165, 1.54) is 24.8 Å². The van der Waals surface area contributed by atoms with Gasteiger partial charge in [0.25, 0.3) is 0 Å². The summed E-state index contributed by atoms with van der Waals surface area (Å²) in [6.07, 6.45) is 4.64. The first-order valence-electron chi connectivity index (χ1n) is 7.73. The maximum absolute atomic E-state index is 13.2. The van der Waals surface area contributed by atoms with Crippen molar-refractivity contribution in [1.82, 2.24) is 0 Å². The summed E-state index contributed by atoms with van der Waals surface area (Å²) in [6, 6.07) is 7.05. The number of halogens is 1. The maximum Gasteiger partial charge on any atom is 0.123 e. The zero-order chi connectivity index (χ0) is 14.8. The van der Waals surface area contributed by atoms with Crippen LogP contribution >= 0.6 is 11.8 Å². The van der Waals surface area contributed by atoms with Crippen molar-refractivity contribution < 1.29 is 9.23 Å². The van der Waals surface area contributed by atoms with Crippen molar-refractivity contribution in [2.45, 2.75) is 49.0 Å². The standard InChI is InChI=1S/C17H22FNOS/c1-3-15(19-20-2)17-14(10-13-8-9-16(17)21-13)11-4-6-12(18)7-5-11/h4-7,13-14,16-17H,3,8-10H2,1-2H3/t13?,14-,16+,17-/m1/s1. The second-order valence-electron chi connectivity index (χ2n) is 5.91. The number of thioether (sulfide) groups is 1.